The summed E-state index contributed by atoms with van der Waals surface area (Å²) in [4.78, 5) is 0. The van der Waals surface area contributed by atoms with Gasteiger partial charge in [-0.1, -0.05) is 0 Å². The van der Waals surface area contributed by atoms with Crippen LogP contribution in [-0.4, -0.2) is 68.2 Å². The summed E-state index contributed by atoms with van der Waals surface area (Å²) < 4.78 is 0. The Morgan fingerprint density at radius 2 is 1.75 bits per heavy atom. The van der Waals surface area contributed by atoms with Crippen LogP contribution in [0.3, 0.4) is 0 Å². The van der Waals surface area contributed by atoms with E-state index in [2.05, 4.69) is 0 Å². The van der Waals surface area contributed by atoms with Crippen LogP contribution in [0, 0.1) is 0 Å². The van der Waals surface area contributed by atoms with Crippen LogP contribution in [0.1, 0.15) is 0 Å². The molecule has 0 aliphatic carbocycles. The highest BCUT2D eigenvalue weighted by atomic mass is 16.5. The molecule has 72 valence electrons. The summed E-state index contributed by atoms with van der Waals surface area (Å²) >= 11 is 0. The molecule has 6 heteroatoms. The second kappa shape index (κ2) is 3.65. The van der Waals surface area contributed by atoms with Crippen molar-refractivity contribution in [2.45, 2.75) is 24.4 Å². The number of nitrogens with zero attached hydrogens (tertiary/aromatic N) is 1. The van der Waals surface area contributed by atoms with Crippen molar-refractivity contribution in [3.8, 4) is 0 Å². The Kier molecular flexibility index (Phi) is 2.99. The Bertz CT molecular complexity index is 155. The van der Waals surface area contributed by atoms with Crippen LogP contribution in [0.4, 0.5) is 0 Å². The molecular formula is C6H13NO5. The quantitative estimate of drug-likeness (QED) is 0.296. The van der Waals surface area contributed by atoms with Crippen LogP contribution < -0.4 is 0 Å². The molecule has 1 aliphatic rings. The molecule has 0 amide bonds. The smallest absolute Gasteiger partial charge is 0.109 e. The SMILES string of the molecule is OC[C@@H]1[C@@H](O)[C@H](O)[C@H](O)CN1O. The molecule has 1 aliphatic heterocycles. The number of rotatable bonds is 1. The van der Waals surface area contributed by atoms with Gasteiger partial charge in [-0.2, -0.15) is 5.06 Å². The molecule has 12 heavy (non-hydrogen) atoms. The van der Waals surface area contributed by atoms with Crippen LogP contribution >= 0.6 is 0 Å². The Morgan fingerprint density at radius 3 is 2.25 bits per heavy atom. The molecule has 0 unspecified atom stereocenters. The van der Waals surface area contributed by atoms with Crippen LogP contribution in [-0.2, 0) is 0 Å². The molecule has 1 fully saturated rings. The molecule has 1 saturated heterocycles. The van der Waals surface area contributed by atoms with Gasteiger partial charge in [0.25, 0.3) is 0 Å². The van der Waals surface area contributed by atoms with Crippen molar-refractivity contribution in [3.05, 3.63) is 0 Å². The molecule has 5 N–H and O–H groups in total. The summed E-state index contributed by atoms with van der Waals surface area (Å²) in [5, 5.41) is 45.7. The van der Waals surface area contributed by atoms with Gasteiger partial charge in [0.05, 0.1) is 25.3 Å². The first-order valence-electron chi connectivity index (χ1n) is 3.68. The maximum Gasteiger partial charge on any atom is 0.109 e. The zero-order valence-electron chi connectivity index (χ0n) is 6.41. The van der Waals surface area contributed by atoms with Crippen LogP contribution in [0.15, 0.2) is 0 Å². The Balaban J connectivity index is 2.65. The predicted octanol–water partition coefficient (Wildman–Crippen LogP) is -2.87. The summed E-state index contributed by atoms with van der Waals surface area (Å²) in [6.45, 7) is -0.648. The van der Waals surface area contributed by atoms with Gasteiger partial charge in [-0.3, -0.25) is 0 Å². The van der Waals surface area contributed by atoms with Gasteiger partial charge in [0.2, 0.25) is 0 Å². The van der Waals surface area contributed by atoms with E-state index in [9.17, 15) is 5.11 Å². The average Bonchev–Trinajstić information content (AvgIpc) is 2.01. The average molecular weight is 179 g/mol. The van der Waals surface area contributed by atoms with Gasteiger partial charge in [-0.25, -0.2) is 0 Å². The van der Waals surface area contributed by atoms with E-state index < -0.39 is 31.0 Å². The third-order valence-electron chi connectivity index (χ3n) is 2.08. The van der Waals surface area contributed by atoms with Crippen molar-refractivity contribution in [3.63, 3.8) is 0 Å². The van der Waals surface area contributed by atoms with Gasteiger partial charge < -0.3 is 25.6 Å². The number of hydrogen-bond acceptors (Lipinski definition) is 6. The lowest BCUT2D eigenvalue weighted by Crippen LogP contribution is -2.61. The highest BCUT2D eigenvalue weighted by Crippen LogP contribution is 2.16. The van der Waals surface area contributed by atoms with E-state index in [1.165, 1.54) is 0 Å². The molecule has 0 bridgehead atoms. The minimum atomic E-state index is -1.33. The summed E-state index contributed by atoms with van der Waals surface area (Å²) in [5.74, 6) is 0. The van der Waals surface area contributed by atoms with Crippen molar-refractivity contribution < 1.29 is 25.6 Å². The molecule has 0 aromatic heterocycles. The van der Waals surface area contributed by atoms with Crippen LogP contribution in [0.5, 0.6) is 0 Å². The summed E-state index contributed by atoms with van der Waals surface area (Å²) in [6.07, 6.45) is -3.83. The van der Waals surface area contributed by atoms with Crippen molar-refractivity contribution in [1.82, 2.24) is 5.06 Å². The van der Waals surface area contributed by atoms with Gasteiger partial charge in [-0.15, -0.1) is 0 Å². The van der Waals surface area contributed by atoms with Crippen molar-refractivity contribution in [1.29, 1.82) is 0 Å². The third kappa shape index (κ3) is 1.58. The van der Waals surface area contributed by atoms with Crippen molar-refractivity contribution >= 4 is 0 Å². The zero-order chi connectivity index (χ0) is 9.30. The van der Waals surface area contributed by atoms with Gasteiger partial charge in [0.1, 0.15) is 12.2 Å². The van der Waals surface area contributed by atoms with E-state index >= 15 is 0 Å². The first-order valence-corrected chi connectivity index (χ1v) is 3.68. The number of piperidine rings is 1. The van der Waals surface area contributed by atoms with E-state index in [4.69, 9.17) is 20.5 Å². The van der Waals surface area contributed by atoms with Gasteiger partial charge >= 0.3 is 0 Å². The zero-order valence-corrected chi connectivity index (χ0v) is 6.41. The predicted molar refractivity (Wildman–Crippen MR) is 37.4 cm³/mol. The number of β-amino-alcohol motifs (C(OH)–C–C–N with tert-alkyl or cyclic N) is 1. The van der Waals surface area contributed by atoms with E-state index in [-0.39, 0.29) is 6.54 Å². The Morgan fingerprint density at radius 1 is 1.17 bits per heavy atom. The maximum atomic E-state index is 9.21. The topological polar surface area (TPSA) is 104 Å². The minimum Gasteiger partial charge on any atom is -0.395 e. The second-order valence-corrected chi connectivity index (χ2v) is 2.92. The van der Waals surface area contributed by atoms with E-state index in [0.717, 1.165) is 0 Å². The first kappa shape index (κ1) is 9.85. The van der Waals surface area contributed by atoms with E-state index in [1.54, 1.807) is 0 Å². The monoisotopic (exact) mass is 179 g/mol. The molecular weight excluding hydrogens is 166 g/mol. The molecule has 0 radical (unpaired) electrons. The second-order valence-electron chi connectivity index (χ2n) is 2.92. The van der Waals surface area contributed by atoms with Crippen LogP contribution in [0.25, 0.3) is 0 Å². The Labute approximate surface area is 69.2 Å². The van der Waals surface area contributed by atoms with E-state index in [1.807, 2.05) is 0 Å². The fourth-order valence-electron chi connectivity index (χ4n) is 1.27. The summed E-state index contributed by atoms with van der Waals surface area (Å²) in [7, 11) is 0. The Hall–Kier alpha value is -0.240. The van der Waals surface area contributed by atoms with Crippen LogP contribution in [0.2, 0.25) is 0 Å². The fourth-order valence-corrected chi connectivity index (χ4v) is 1.27. The molecule has 0 spiro atoms. The number of hydroxylamine groups is 2. The van der Waals surface area contributed by atoms with Crippen molar-refractivity contribution in [2.24, 2.45) is 0 Å². The normalized spacial score (nSPS) is 44.8. The minimum absolute atomic E-state index is 0.177. The molecule has 4 atom stereocenters. The third-order valence-corrected chi connectivity index (χ3v) is 2.08. The van der Waals surface area contributed by atoms with Gasteiger partial charge in [0.15, 0.2) is 0 Å². The highest BCUT2D eigenvalue weighted by Gasteiger charge is 2.40. The van der Waals surface area contributed by atoms with Gasteiger partial charge in [-0.05, 0) is 0 Å². The number of aliphatic hydroxyl groups is 4. The molecule has 6 nitrogen and oxygen atoms in total. The number of hydrogen-bond donors (Lipinski definition) is 5. The number of aliphatic hydroxyl groups excluding tert-OH is 4. The lowest BCUT2D eigenvalue weighted by Gasteiger charge is -2.39. The molecule has 0 aromatic rings. The molecule has 0 saturated carbocycles. The lowest BCUT2D eigenvalue weighted by atomic mass is 9.96. The summed E-state index contributed by atoms with van der Waals surface area (Å²) in [6, 6.07) is -0.927. The largest absolute Gasteiger partial charge is 0.395 e. The fraction of sp³-hybridized carbons (Fsp3) is 1.00. The highest BCUT2D eigenvalue weighted by molar-refractivity contribution is 4.90. The molecule has 1 rings (SSSR count). The van der Waals surface area contributed by atoms with Gasteiger partial charge in [0, 0.05) is 0 Å². The summed E-state index contributed by atoms with van der Waals surface area (Å²) in [5.41, 5.74) is 0. The maximum absolute atomic E-state index is 9.21. The first-order chi connectivity index (χ1) is 5.57. The van der Waals surface area contributed by atoms with E-state index in [0.29, 0.717) is 5.06 Å². The standard InChI is InChI=1S/C6H13NO5/c8-2-3-5(10)6(11)4(9)1-7(3)12/h3-6,8-12H,1-2H2/t3-,4-,5-,6-/m1/s1. The lowest BCUT2D eigenvalue weighted by molar-refractivity contribution is -0.239. The molecule has 1 heterocycles. The molecule has 0 aromatic carbocycles. The van der Waals surface area contributed by atoms with Crippen molar-refractivity contribution in [2.75, 3.05) is 13.2 Å².